The molecule has 144 valence electrons. The highest BCUT2D eigenvalue weighted by Gasteiger charge is 2.27. The predicted molar refractivity (Wildman–Crippen MR) is 109 cm³/mol. The molecule has 0 saturated carbocycles. The molecule has 3 heterocycles. The third kappa shape index (κ3) is 4.20. The first kappa shape index (κ1) is 18.6. The van der Waals surface area contributed by atoms with Crippen LogP contribution in [0, 0.1) is 13.8 Å². The zero-order chi connectivity index (χ0) is 19.5. The number of aryl methyl sites for hydroxylation is 2. The van der Waals surface area contributed by atoms with Crippen LogP contribution in [0.25, 0.3) is 10.6 Å². The molecule has 1 atom stereocenters. The number of carbonyl (C=O) groups is 1. The lowest BCUT2D eigenvalue weighted by molar-refractivity contribution is 0.0510. The molecule has 1 aliphatic rings. The molecule has 1 saturated heterocycles. The van der Waals surface area contributed by atoms with Crippen molar-refractivity contribution in [2.24, 2.45) is 0 Å². The normalized spacial score (nSPS) is 16.8. The van der Waals surface area contributed by atoms with Gasteiger partial charge in [-0.3, -0.25) is 4.79 Å². The fourth-order valence-electron chi connectivity index (χ4n) is 3.36. The first-order valence-corrected chi connectivity index (χ1v) is 10.3. The third-order valence-corrected chi connectivity index (χ3v) is 5.53. The maximum Gasteiger partial charge on any atom is 0.317 e. The second-order valence-corrected chi connectivity index (χ2v) is 7.83. The van der Waals surface area contributed by atoms with Gasteiger partial charge in [-0.2, -0.15) is 0 Å². The van der Waals surface area contributed by atoms with E-state index in [4.69, 9.17) is 4.74 Å². The fraction of sp³-hybridized carbons (Fsp3) is 0.333. The molecule has 0 bridgehead atoms. The van der Waals surface area contributed by atoms with E-state index in [1.807, 2.05) is 60.5 Å². The van der Waals surface area contributed by atoms with Gasteiger partial charge in [0.1, 0.15) is 16.8 Å². The van der Waals surface area contributed by atoms with Crippen LogP contribution in [0.15, 0.2) is 41.8 Å². The average molecular weight is 395 g/mol. The maximum atomic E-state index is 12.9. The Balaban J connectivity index is 1.44. The molecule has 28 heavy (non-hydrogen) atoms. The summed E-state index contributed by atoms with van der Waals surface area (Å²) in [5.41, 5.74) is 3.27. The molecular formula is C21H22N4O2S. The van der Waals surface area contributed by atoms with Crippen LogP contribution >= 0.6 is 11.3 Å². The Hall–Kier alpha value is -2.80. The third-order valence-electron chi connectivity index (χ3n) is 4.64. The van der Waals surface area contributed by atoms with Crippen molar-refractivity contribution in [3.05, 3.63) is 58.9 Å². The largest absolute Gasteiger partial charge is 0.458 e. The number of thiazole rings is 1. The number of rotatable bonds is 4. The molecule has 0 spiro atoms. The monoisotopic (exact) mass is 394 g/mol. The Kier molecular flexibility index (Phi) is 5.34. The van der Waals surface area contributed by atoms with Crippen LogP contribution < -0.4 is 4.74 Å². The van der Waals surface area contributed by atoms with E-state index in [1.165, 1.54) is 11.3 Å². The summed E-state index contributed by atoms with van der Waals surface area (Å²) in [6.07, 6.45) is 1.66. The summed E-state index contributed by atoms with van der Waals surface area (Å²) < 4.78 is 5.97. The quantitative estimate of drug-likeness (QED) is 0.671. The summed E-state index contributed by atoms with van der Waals surface area (Å²) in [5, 5.41) is 2.69. The van der Waals surface area contributed by atoms with E-state index < -0.39 is 0 Å². The SMILES string of the molecule is Cc1cc(C)nc(O[C@H]2CCCN(C(=O)c3csc(-c4ccccc4)n3)C2)n1. The van der Waals surface area contributed by atoms with E-state index in [1.54, 1.807) is 0 Å². The highest BCUT2D eigenvalue weighted by atomic mass is 32.1. The molecule has 7 heteroatoms. The average Bonchev–Trinajstić information content (AvgIpc) is 3.18. The molecule has 1 aliphatic heterocycles. The van der Waals surface area contributed by atoms with Crippen molar-refractivity contribution in [3.8, 4) is 16.6 Å². The highest BCUT2D eigenvalue weighted by Crippen LogP contribution is 2.25. The van der Waals surface area contributed by atoms with Crippen molar-refractivity contribution in [1.82, 2.24) is 19.9 Å². The van der Waals surface area contributed by atoms with Gasteiger partial charge < -0.3 is 9.64 Å². The number of aromatic nitrogens is 3. The van der Waals surface area contributed by atoms with Crippen LogP contribution in [0.3, 0.4) is 0 Å². The molecule has 0 N–H and O–H groups in total. The van der Waals surface area contributed by atoms with Crippen molar-refractivity contribution in [2.75, 3.05) is 13.1 Å². The topological polar surface area (TPSA) is 68.2 Å². The molecule has 0 unspecified atom stereocenters. The molecule has 1 fully saturated rings. The minimum atomic E-state index is -0.105. The van der Waals surface area contributed by atoms with Gasteiger partial charge in [0.2, 0.25) is 0 Å². The highest BCUT2D eigenvalue weighted by molar-refractivity contribution is 7.13. The Morgan fingerprint density at radius 2 is 1.89 bits per heavy atom. The Bertz CT molecular complexity index is 953. The predicted octanol–water partition coefficient (Wildman–Crippen LogP) is 3.90. The molecular weight excluding hydrogens is 372 g/mol. The lowest BCUT2D eigenvalue weighted by atomic mass is 10.1. The lowest BCUT2D eigenvalue weighted by Gasteiger charge is -2.32. The Morgan fingerprint density at radius 3 is 2.64 bits per heavy atom. The van der Waals surface area contributed by atoms with Gasteiger partial charge in [0, 0.05) is 28.9 Å². The van der Waals surface area contributed by atoms with Gasteiger partial charge in [-0.1, -0.05) is 30.3 Å². The molecule has 4 rings (SSSR count). The Morgan fingerprint density at radius 1 is 1.14 bits per heavy atom. The first-order chi connectivity index (χ1) is 13.6. The number of benzene rings is 1. The van der Waals surface area contributed by atoms with Gasteiger partial charge in [0.05, 0.1) is 6.54 Å². The second-order valence-electron chi connectivity index (χ2n) is 6.97. The van der Waals surface area contributed by atoms with Crippen LogP contribution in [0.5, 0.6) is 6.01 Å². The van der Waals surface area contributed by atoms with E-state index in [2.05, 4.69) is 15.0 Å². The number of hydrogen-bond acceptors (Lipinski definition) is 6. The van der Waals surface area contributed by atoms with Crippen LogP contribution in [-0.4, -0.2) is 45.0 Å². The zero-order valence-electron chi connectivity index (χ0n) is 16.0. The van der Waals surface area contributed by atoms with E-state index >= 15 is 0 Å². The van der Waals surface area contributed by atoms with E-state index in [0.29, 0.717) is 24.8 Å². The molecule has 0 radical (unpaired) electrons. The molecule has 6 nitrogen and oxygen atoms in total. The molecule has 1 amide bonds. The zero-order valence-corrected chi connectivity index (χ0v) is 16.8. The van der Waals surface area contributed by atoms with Crippen LogP contribution in [0.1, 0.15) is 34.7 Å². The standard InChI is InChI=1S/C21H22N4O2S/c1-14-11-15(2)23-21(22-14)27-17-9-6-10-25(12-17)20(26)18-13-28-19(24-18)16-7-4-3-5-8-16/h3-5,7-8,11,13,17H,6,9-10,12H2,1-2H3/t17-/m0/s1. The number of ether oxygens (including phenoxy) is 1. The van der Waals surface area contributed by atoms with Gasteiger partial charge in [0.25, 0.3) is 5.91 Å². The molecule has 1 aromatic carbocycles. The number of carbonyl (C=O) groups excluding carboxylic acids is 1. The van der Waals surface area contributed by atoms with E-state index in [-0.39, 0.29) is 12.0 Å². The number of likely N-dealkylation sites (tertiary alicyclic amines) is 1. The summed E-state index contributed by atoms with van der Waals surface area (Å²) >= 11 is 1.49. The lowest BCUT2D eigenvalue weighted by Crippen LogP contribution is -2.44. The molecule has 0 aliphatic carbocycles. The summed E-state index contributed by atoms with van der Waals surface area (Å²) in [7, 11) is 0. The van der Waals surface area contributed by atoms with Crippen LogP contribution in [-0.2, 0) is 0 Å². The number of nitrogens with zero attached hydrogens (tertiary/aromatic N) is 4. The first-order valence-electron chi connectivity index (χ1n) is 9.37. The second kappa shape index (κ2) is 8.06. The molecule has 3 aromatic rings. The van der Waals surface area contributed by atoms with Crippen LogP contribution in [0.4, 0.5) is 0 Å². The minimum absolute atomic E-state index is 0.0481. The minimum Gasteiger partial charge on any atom is -0.458 e. The van der Waals surface area contributed by atoms with Crippen molar-refractivity contribution in [2.45, 2.75) is 32.8 Å². The van der Waals surface area contributed by atoms with Gasteiger partial charge in [-0.15, -0.1) is 11.3 Å². The van der Waals surface area contributed by atoms with Crippen molar-refractivity contribution < 1.29 is 9.53 Å². The van der Waals surface area contributed by atoms with Crippen molar-refractivity contribution in [3.63, 3.8) is 0 Å². The fourth-order valence-corrected chi connectivity index (χ4v) is 4.16. The van der Waals surface area contributed by atoms with Crippen molar-refractivity contribution >= 4 is 17.2 Å². The van der Waals surface area contributed by atoms with Crippen molar-refractivity contribution in [1.29, 1.82) is 0 Å². The smallest absolute Gasteiger partial charge is 0.317 e. The number of hydrogen-bond donors (Lipinski definition) is 0. The Labute approximate surface area is 168 Å². The van der Waals surface area contributed by atoms with Gasteiger partial charge in [-0.05, 0) is 32.8 Å². The summed E-state index contributed by atoms with van der Waals surface area (Å²) in [4.78, 5) is 28.0. The summed E-state index contributed by atoms with van der Waals surface area (Å²) in [6, 6.07) is 12.2. The molecule has 2 aromatic heterocycles. The van der Waals surface area contributed by atoms with Gasteiger partial charge in [-0.25, -0.2) is 15.0 Å². The van der Waals surface area contributed by atoms with E-state index in [0.717, 1.165) is 34.8 Å². The summed E-state index contributed by atoms with van der Waals surface area (Å²) in [5.74, 6) is -0.0481. The van der Waals surface area contributed by atoms with Gasteiger partial charge in [0.15, 0.2) is 0 Å². The van der Waals surface area contributed by atoms with Gasteiger partial charge >= 0.3 is 6.01 Å². The van der Waals surface area contributed by atoms with Crippen LogP contribution in [0.2, 0.25) is 0 Å². The number of amides is 1. The maximum absolute atomic E-state index is 12.9. The van der Waals surface area contributed by atoms with E-state index in [9.17, 15) is 4.79 Å². The summed E-state index contributed by atoms with van der Waals surface area (Å²) in [6.45, 7) is 5.08. The number of piperidine rings is 1.